The van der Waals surface area contributed by atoms with Crippen LogP contribution in [0.4, 0.5) is 0 Å². The van der Waals surface area contributed by atoms with E-state index in [9.17, 15) is 34.5 Å². The second-order valence-electron chi connectivity index (χ2n) is 7.80. The highest BCUT2D eigenvalue weighted by molar-refractivity contribution is 5.94. The zero-order valence-electron chi connectivity index (χ0n) is 19.3. The van der Waals surface area contributed by atoms with E-state index in [0.29, 0.717) is 12.0 Å². The van der Waals surface area contributed by atoms with Gasteiger partial charge in [-0.2, -0.15) is 0 Å². The summed E-state index contributed by atoms with van der Waals surface area (Å²) in [7, 11) is 0. The molecular weight excluding hydrogens is 462 g/mol. The number of hydrogen-bond acceptors (Lipinski definition) is 8. The average Bonchev–Trinajstić information content (AvgIpc) is 2.80. The van der Waals surface area contributed by atoms with E-state index in [0.717, 1.165) is 0 Å². The van der Waals surface area contributed by atoms with Crippen molar-refractivity contribution in [3.05, 3.63) is 29.8 Å². The summed E-state index contributed by atoms with van der Waals surface area (Å²) in [5.41, 5.74) is 16.7. The van der Waals surface area contributed by atoms with Gasteiger partial charge in [0.25, 0.3) is 0 Å². The maximum Gasteiger partial charge on any atom is 0.326 e. The van der Waals surface area contributed by atoms with Crippen LogP contribution in [0.2, 0.25) is 0 Å². The molecule has 0 saturated heterocycles. The summed E-state index contributed by atoms with van der Waals surface area (Å²) in [6.07, 6.45) is 0.575. The number of aromatic hydroxyl groups is 1. The van der Waals surface area contributed by atoms with Crippen LogP contribution < -0.4 is 33.2 Å². The van der Waals surface area contributed by atoms with Crippen molar-refractivity contribution in [3.8, 4) is 5.75 Å². The molecule has 0 saturated carbocycles. The normalized spacial score (nSPS) is 14.0. The summed E-state index contributed by atoms with van der Waals surface area (Å²) in [6, 6.07) is 0.971. The number of aliphatic hydroxyl groups excluding tert-OH is 1. The van der Waals surface area contributed by atoms with Gasteiger partial charge in [0.05, 0.1) is 12.6 Å². The third-order valence-electron chi connectivity index (χ3n) is 4.86. The molecule has 0 bridgehead atoms. The lowest BCUT2D eigenvalue weighted by Gasteiger charge is -2.22. The maximum absolute atomic E-state index is 12.4. The van der Waals surface area contributed by atoms with Gasteiger partial charge in [0.1, 0.15) is 23.9 Å². The molecule has 0 aliphatic heterocycles. The SMILES string of the molecule is CC(NC(=O)C(CO)NC(=O)C(N)CCCN=C(N)N)C(=O)NC(Cc1ccc(O)cc1)C(=O)O. The highest BCUT2D eigenvalue weighted by Gasteiger charge is 2.28. The molecule has 1 aromatic rings. The summed E-state index contributed by atoms with van der Waals surface area (Å²) < 4.78 is 0. The highest BCUT2D eigenvalue weighted by Crippen LogP contribution is 2.11. The Balaban J connectivity index is 2.62. The first-order valence-electron chi connectivity index (χ1n) is 10.8. The van der Waals surface area contributed by atoms with E-state index in [4.69, 9.17) is 17.2 Å². The number of carboxylic acid groups (broad SMARTS) is 1. The van der Waals surface area contributed by atoms with Gasteiger partial charge in [-0.05, 0) is 37.5 Å². The highest BCUT2D eigenvalue weighted by atomic mass is 16.4. The van der Waals surface area contributed by atoms with Crippen molar-refractivity contribution >= 4 is 29.7 Å². The number of carboxylic acids is 1. The van der Waals surface area contributed by atoms with E-state index >= 15 is 0 Å². The molecule has 0 aromatic heterocycles. The Labute approximate surface area is 201 Å². The molecule has 0 heterocycles. The van der Waals surface area contributed by atoms with Crippen LogP contribution in [0.25, 0.3) is 0 Å². The molecule has 0 aliphatic rings. The number of hydrogen-bond donors (Lipinski definition) is 9. The largest absolute Gasteiger partial charge is 0.508 e. The number of phenols is 1. The van der Waals surface area contributed by atoms with Gasteiger partial charge in [-0.1, -0.05) is 12.1 Å². The predicted molar refractivity (Wildman–Crippen MR) is 126 cm³/mol. The molecular formula is C21H33N7O7. The standard InChI is InChI=1S/C21H33N7O7/c1-11(17(31)27-15(20(34)35)9-12-4-6-13(30)7-5-12)26-19(33)16(10-29)28-18(32)14(22)3-2-8-25-21(23)24/h4-7,11,14-16,29-30H,2-3,8-10,22H2,1H3,(H,26,33)(H,27,31)(H,28,32)(H,34,35)(H4,23,24,25). The Kier molecular flexibility index (Phi) is 12.0. The number of nitrogens with zero attached hydrogens (tertiary/aromatic N) is 1. The number of aliphatic hydroxyl groups is 1. The first-order chi connectivity index (χ1) is 16.4. The van der Waals surface area contributed by atoms with Crippen LogP contribution in [-0.2, 0) is 25.6 Å². The van der Waals surface area contributed by atoms with Crippen LogP contribution in [0, 0.1) is 0 Å². The van der Waals surface area contributed by atoms with Crippen LogP contribution in [0.15, 0.2) is 29.3 Å². The molecule has 0 radical (unpaired) electrons. The van der Waals surface area contributed by atoms with Crippen LogP contribution in [0.1, 0.15) is 25.3 Å². The second kappa shape index (κ2) is 14.4. The number of guanidine groups is 1. The van der Waals surface area contributed by atoms with Crippen molar-refractivity contribution in [3.63, 3.8) is 0 Å². The topological polar surface area (TPSA) is 255 Å². The number of aliphatic carboxylic acids is 1. The molecule has 3 amide bonds. The minimum absolute atomic E-state index is 0.0124. The molecule has 194 valence electrons. The van der Waals surface area contributed by atoms with Crippen LogP contribution in [-0.4, -0.2) is 82.3 Å². The third-order valence-corrected chi connectivity index (χ3v) is 4.86. The van der Waals surface area contributed by atoms with Gasteiger partial charge in [0.15, 0.2) is 5.96 Å². The Hall–Kier alpha value is -3.91. The molecule has 0 fully saturated rings. The fraction of sp³-hybridized carbons (Fsp3) is 0.476. The number of phenolic OH excluding ortho intramolecular Hbond substituents is 1. The van der Waals surface area contributed by atoms with Crippen molar-refractivity contribution in [1.29, 1.82) is 0 Å². The van der Waals surface area contributed by atoms with Crippen molar-refractivity contribution < 1.29 is 34.5 Å². The lowest BCUT2D eigenvalue weighted by atomic mass is 10.1. The van der Waals surface area contributed by atoms with E-state index in [1.165, 1.54) is 31.2 Å². The molecule has 14 heteroatoms. The lowest BCUT2D eigenvalue weighted by Crippen LogP contribution is -2.57. The maximum atomic E-state index is 12.4. The number of aliphatic imine (C=N–C) groups is 1. The third kappa shape index (κ3) is 10.7. The molecule has 14 nitrogen and oxygen atoms in total. The van der Waals surface area contributed by atoms with Crippen LogP contribution in [0.5, 0.6) is 5.75 Å². The van der Waals surface area contributed by atoms with E-state index in [-0.39, 0.29) is 31.1 Å². The zero-order valence-corrected chi connectivity index (χ0v) is 19.3. The van der Waals surface area contributed by atoms with Gasteiger partial charge in [-0.15, -0.1) is 0 Å². The summed E-state index contributed by atoms with van der Waals surface area (Å²) in [4.78, 5) is 52.4. The molecule has 35 heavy (non-hydrogen) atoms. The number of nitrogens with one attached hydrogen (secondary N) is 3. The Morgan fingerprint density at radius 3 is 2.11 bits per heavy atom. The molecule has 4 atom stereocenters. The van der Waals surface area contributed by atoms with E-state index in [1.807, 2.05) is 0 Å². The summed E-state index contributed by atoms with van der Waals surface area (Å²) in [5.74, 6) is -3.71. The Morgan fingerprint density at radius 1 is 0.971 bits per heavy atom. The summed E-state index contributed by atoms with van der Waals surface area (Å²) >= 11 is 0. The first-order valence-corrected chi connectivity index (χ1v) is 10.8. The quantitative estimate of drug-likeness (QED) is 0.0712. The Bertz CT molecular complexity index is 904. The van der Waals surface area contributed by atoms with Gasteiger partial charge >= 0.3 is 5.97 Å². The number of amides is 3. The minimum atomic E-state index is -1.38. The zero-order chi connectivity index (χ0) is 26.5. The van der Waals surface area contributed by atoms with E-state index in [2.05, 4.69) is 20.9 Å². The van der Waals surface area contributed by atoms with Crippen LogP contribution >= 0.6 is 0 Å². The minimum Gasteiger partial charge on any atom is -0.508 e. The summed E-state index contributed by atoms with van der Waals surface area (Å²) in [5, 5.41) is 35.2. The fourth-order valence-electron chi connectivity index (χ4n) is 2.87. The van der Waals surface area contributed by atoms with Crippen molar-refractivity contribution in [1.82, 2.24) is 16.0 Å². The summed E-state index contributed by atoms with van der Waals surface area (Å²) in [6.45, 7) is 0.827. The van der Waals surface area contributed by atoms with Gasteiger partial charge in [-0.3, -0.25) is 19.4 Å². The number of carbonyl (C=O) groups excluding carboxylic acids is 3. The number of carbonyl (C=O) groups is 4. The second-order valence-corrected chi connectivity index (χ2v) is 7.80. The number of nitrogens with two attached hydrogens (primary N) is 3. The van der Waals surface area contributed by atoms with E-state index < -0.39 is 54.5 Å². The molecule has 0 spiro atoms. The van der Waals surface area contributed by atoms with Crippen molar-refractivity contribution in [2.24, 2.45) is 22.2 Å². The molecule has 1 aromatic carbocycles. The van der Waals surface area contributed by atoms with Gasteiger partial charge in [0.2, 0.25) is 17.7 Å². The van der Waals surface area contributed by atoms with Crippen molar-refractivity contribution in [2.75, 3.05) is 13.2 Å². The molecule has 1 rings (SSSR count). The number of benzene rings is 1. The first kappa shape index (κ1) is 29.1. The fourth-order valence-corrected chi connectivity index (χ4v) is 2.87. The van der Waals surface area contributed by atoms with Gasteiger partial charge < -0.3 is 48.5 Å². The predicted octanol–water partition coefficient (Wildman–Crippen LogP) is -3.13. The van der Waals surface area contributed by atoms with Crippen molar-refractivity contribution in [2.45, 2.75) is 50.4 Å². The molecule has 0 aliphatic carbocycles. The smallest absolute Gasteiger partial charge is 0.326 e. The van der Waals surface area contributed by atoms with Crippen LogP contribution in [0.3, 0.4) is 0 Å². The van der Waals surface area contributed by atoms with Gasteiger partial charge in [0, 0.05) is 13.0 Å². The monoisotopic (exact) mass is 495 g/mol. The lowest BCUT2D eigenvalue weighted by molar-refractivity contribution is -0.142. The average molecular weight is 496 g/mol. The number of rotatable bonds is 14. The Morgan fingerprint density at radius 2 is 1.57 bits per heavy atom. The van der Waals surface area contributed by atoms with Gasteiger partial charge in [-0.25, -0.2) is 4.79 Å². The van der Waals surface area contributed by atoms with E-state index in [1.54, 1.807) is 0 Å². The molecule has 12 N–H and O–H groups in total. The molecule has 4 unspecified atom stereocenters.